The summed E-state index contributed by atoms with van der Waals surface area (Å²) in [5.74, 6) is -0.666. The number of hydrogen-bond acceptors (Lipinski definition) is 7. The third-order valence-electron chi connectivity index (χ3n) is 4.70. The van der Waals surface area contributed by atoms with Crippen LogP contribution in [0.2, 0.25) is 4.34 Å². The Morgan fingerprint density at radius 1 is 1.08 bits per heavy atom. The fourth-order valence-corrected chi connectivity index (χ4v) is 4.10. The molecule has 0 aliphatic carbocycles. The number of halogens is 1. The average Bonchev–Trinajstić information content (AvgIpc) is 3.41. The summed E-state index contributed by atoms with van der Waals surface area (Å²) in [5, 5.41) is 13.4. The van der Waals surface area contributed by atoms with Crippen LogP contribution in [0, 0.1) is 12.3 Å². The Morgan fingerprint density at radius 2 is 1.75 bits per heavy atom. The molecule has 0 unspecified atom stereocenters. The molecule has 0 spiro atoms. The molecule has 3 aromatic rings. The van der Waals surface area contributed by atoms with Crippen LogP contribution in [0.25, 0.3) is 0 Å². The number of rotatable bonds is 5. The molecular weight excluding hydrogens is 528 g/mol. The Bertz CT molecular complexity index is 1380. The maximum Gasteiger partial charge on any atom is 0.289 e. The van der Waals surface area contributed by atoms with Crippen molar-refractivity contribution in [1.29, 1.82) is 5.41 Å². The highest BCUT2D eigenvalue weighted by atomic mass is 35.5. The van der Waals surface area contributed by atoms with Crippen molar-refractivity contribution in [2.75, 3.05) is 34.9 Å². The molecule has 0 saturated carbocycles. The van der Waals surface area contributed by atoms with Crippen LogP contribution < -0.4 is 15.5 Å². The van der Waals surface area contributed by atoms with Gasteiger partial charge in [0.1, 0.15) is 6.61 Å². The summed E-state index contributed by atoms with van der Waals surface area (Å²) >= 11 is 7.09. The first-order valence-corrected chi connectivity index (χ1v) is 13.4. The van der Waals surface area contributed by atoms with Gasteiger partial charge in [0.15, 0.2) is 0 Å². The van der Waals surface area contributed by atoms with Crippen molar-refractivity contribution in [1.82, 2.24) is 0 Å². The minimum Gasteiger partial charge on any atom is -0.463 e. The molecule has 0 radical (unpaired) electrons. The highest BCUT2D eigenvalue weighted by molar-refractivity contribution is 7.85. The van der Waals surface area contributed by atoms with Gasteiger partial charge in [-0.25, -0.2) is 0 Å². The van der Waals surface area contributed by atoms with Gasteiger partial charge in [-0.15, -0.1) is 11.3 Å². The number of amides is 2. The zero-order chi connectivity index (χ0) is 26.5. The van der Waals surface area contributed by atoms with Gasteiger partial charge in [-0.05, 0) is 61.0 Å². The Kier molecular flexibility index (Phi) is 8.69. The molecule has 190 valence electrons. The minimum absolute atomic E-state index is 0.115. The number of carbonyl (C=O) groups excluding carboxylic acids is 2. The van der Waals surface area contributed by atoms with Crippen molar-refractivity contribution in [2.45, 2.75) is 6.92 Å². The van der Waals surface area contributed by atoms with E-state index >= 15 is 0 Å². The van der Waals surface area contributed by atoms with E-state index in [9.17, 15) is 18.0 Å². The van der Waals surface area contributed by atoms with E-state index in [-0.39, 0.29) is 17.8 Å². The lowest BCUT2D eigenvalue weighted by Crippen LogP contribution is -2.23. The molecule has 0 bridgehead atoms. The summed E-state index contributed by atoms with van der Waals surface area (Å²) in [6, 6.07) is 15.8. The molecule has 1 aromatic heterocycles. The molecule has 4 N–H and O–H groups in total. The third-order valence-corrected chi connectivity index (χ3v) is 5.93. The van der Waals surface area contributed by atoms with Crippen LogP contribution in [0.4, 0.5) is 17.1 Å². The summed E-state index contributed by atoms with van der Waals surface area (Å²) < 4.78 is 31.5. The number of ether oxygens (including phenoxy) is 1. The molecule has 10 nitrogen and oxygen atoms in total. The first-order chi connectivity index (χ1) is 16.9. The number of anilines is 3. The zero-order valence-electron chi connectivity index (χ0n) is 19.2. The highest BCUT2D eigenvalue weighted by Gasteiger charge is 2.20. The normalized spacial score (nSPS) is 12.9. The summed E-state index contributed by atoms with van der Waals surface area (Å²) in [6.07, 6.45) is 0.715. The van der Waals surface area contributed by atoms with Gasteiger partial charge in [0, 0.05) is 11.4 Å². The molecule has 0 atom stereocenters. The van der Waals surface area contributed by atoms with E-state index in [1.807, 2.05) is 25.1 Å². The van der Waals surface area contributed by atoms with E-state index in [0.29, 0.717) is 45.6 Å². The van der Waals surface area contributed by atoms with Crippen LogP contribution in [-0.2, 0) is 14.9 Å². The second-order valence-corrected chi connectivity index (χ2v) is 10.8. The molecule has 1 aliphatic rings. The van der Waals surface area contributed by atoms with Crippen molar-refractivity contribution < 1.29 is 27.3 Å². The summed E-state index contributed by atoms with van der Waals surface area (Å²) in [5.41, 5.74) is 3.10. The lowest BCUT2D eigenvalue weighted by molar-refractivity contribution is 0.102. The Morgan fingerprint density at radius 3 is 2.31 bits per heavy atom. The lowest BCUT2D eigenvalue weighted by Gasteiger charge is -2.16. The maximum atomic E-state index is 12.9. The predicted molar refractivity (Wildman–Crippen MR) is 141 cm³/mol. The minimum atomic E-state index is -3.67. The van der Waals surface area contributed by atoms with E-state index in [1.54, 1.807) is 41.3 Å². The van der Waals surface area contributed by atoms with Crippen molar-refractivity contribution in [3.05, 3.63) is 74.9 Å². The maximum absolute atomic E-state index is 12.9. The smallest absolute Gasteiger partial charge is 0.289 e. The van der Waals surface area contributed by atoms with Crippen LogP contribution in [-0.4, -0.2) is 50.2 Å². The fraction of sp³-hybridized carbons (Fsp3) is 0.174. The van der Waals surface area contributed by atoms with E-state index in [2.05, 4.69) is 10.6 Å². The number of aryl methyl sites for hydroxylation is 1. The lowest BCUT2D eigenvalue weighted by atomic mass is 10.1. The van der Waals surface area contributed by atoms with Crippen molar-refractivity contribution >= 4 is 68.0 Å². The van der Waals surface area contributed by atoms with E-state index in [4.69, 9.17) is 26.3 Å². The van der Waals surface area contributed by atoms with Crippen LogP contribution in [0.15, 0.2) is 54.6 Å². The highest BCUT2D eigenvalue weighted by Crippen LogP contribution is 2.25. The van der Waals surface area contributed by atoms with Gasteiger partial charge in [0.05, 0.1) is 33.3 Å². The summed E-state index contributed by atoms with van der Waals surface area (Å²) in [4.78, 5) is 27.7. The molecule has 2 amide bonds. The van der Waals surface area contributed by atoms with Gasteiger partial charge in [0.25, 0.3) is 28.0 Å². The predicted octanol–water partition coefficient (Wildman–Crippen LogP) is 4.49. The Labute approximate surface area is 217 Å². The van der Waals surface area contributed by atoms with E-state index in [0.717, 1.165) is 11.3 Å². The standard InChI is InChI=1S/C22H19ClN4O3S.CH4O3S/c1-13-2-7-16(17(12-13)26-21(29)18-8-9-19(23)31-18)20(28)25-14-3-5-15(6-4-14)27-10-11-30-22(27)24;1-5(2,3)4/h2-9,12,24H,10-11H2,1H3,(H,25,28)(H,26,29);1H3,(H,2,3,4). The van der Waals surface area contributed by atoms with E-state index < -0.39 is 10.1 Å². The van der Waals surface area contributed by atoms with Gasteiger partial charge in [-0.3, -0.25) is 24.5 Å². The van der Waals surface area contributed by atoms with Gasteiger partial charge in [0.2, 0.25) is 0 Å². The topological polar surface area (TPSA) is 149 Å². The average molecular weight is 551 g/mol. The number of amidine groups is 1. The van der Waals surface area contributed by atoms with Gasteiger partial charge >= 0.3 is 0 Å². The summed E-state index contributed by atoms with van der Waals surface area (Å²) in [6.45, 7) is 2.99. The number of benzene rings is 2. The van der Waals surface area contributed by atoms with Crippen LogP contribution in [0.5, 0.6) is 0 Å². The van der Waals surface area contributed by atoms with Gasteiger partial charge in [-0.1, -0.05) is 17.7 Å². The number of carbonyl (C=O) groups is 2. The van der Waals surface area contributed by atoms with E-state index in [1.165, 1.54) is 11.3 Å². The monoisotopic (exact) mass is 550 g/mol. The molecule has 4 rings (SSSR count). The molecule has 1 fully saturated rings. The molecule has 2 aromatic carbocycles. The molecular formula is C23H23ClN4O6S2. The number of thiophene rings is 1. The van der Waals surface area contributed by atoms with Crippen molar-refractivity contribution in [2.24, 2.45) is 0 Å². The second-order valence-electron chi connectivity index (χ2n) is 7.65. The van der Waals surface area contributed by atoms with Crippen molar-refractivity contribution in [3.8, 4) is 0 Å². The van der Waals surface area contributed by atoms with Crippen LogP contribution in [0.3, 0.4) is 0 Å². The molecule has 1 saturated heterocycles. The first kappa shape index (κ1) is 27.1. The van der Waals surface area contributed by atoms with Crippen LogP contribution >= 0.6 is 22.9 Å². The molecule has 2 heterocycles. The largest absolute Gasteiger partial charge is 0.463 e. The van der Waals surface area contributed by atoms with Gasteiger partial charge in [-0.2, -0.15) is 8.42 Å². The Balaban J connectivity index is 0.000000658. The van der Waals surface area contributed by atoms with Crippen LogP contribution in [0.1, 0.15) is 25.6 Å². The fourth-order valence-electron chi connectivity index (χ4n) is 3.16. The van der Waals surface area contributed by atoms with Crippen molar-refractivity contribution in [3.63, 3.8) is 0 Å². The number of hydrogen-bond donors (Lipinski definition) is 4. The quantitative estimate of drug-likeness (QED) is 0.342. The zero-order valence-corrected chi connectivity index (χ0v) is 21.6. The Hall–Kier alpha value is -3.45. The second kappa shape index (κ2) is 11.5. The SMILES string of the molecule is CS(=O)(=O)O.Cc1ccc(C(=O)Nc2ccc(N3CCOC3=N)cc2)c(NC(=O)c2ccc(Cl)s2)c1. The third kappa shape index (κ3) is 7.78. The molecule has 36 heavy (non-hydrogen) atoms. The molecule has 1 aliphatic heterocycles. The molecule has 13 heteroatoms. The summed E-state index contributed by atoms with van der Waals surface area (Å²) in [7, 11) is -3.67. The number of nitrogens with one attached hydrogen (secondary N) is 3. The first-order valence-electron chi connectivity index (χ1n) is 10.4. The van der Waals surface area contributed by atoms with Gasteiger partial charge < -0.3 is 15.4 Å². The number of nitrogens with zero attached hydrogens (tertiary/aromatic N) is 1.